The van der Waals surface area contributed by atoms with Crippen LogP contribution in [0.3, 0.4) is 0 Å². The van der Waals surface area contributed by atoms with Crippen LogP contribution in [0.25, 0.3) is 0 Å². The second kappa shape index (κ2) is 11.0. The van der Waals surface area contributed by atoms with Gasteiger partial charge in [0.15, 0.2) is 0 Å². The summed E-state index contributed by atoms with van der Waals surface area (Å²) in [5.41, 5.74) is 5.36. The molecule has 0 aromatic rings. The van der Waals surface area contributed by atoms with E-state index in [-0.39, 0.29) is 6.10 Å². The molecule has 3 heteroatoms. The molecule has 0 fully saturated rings. The van der Waals surface area contributed by atoms with Crippen molar-refractivity contribution in [2.24, 2.45) is 5.73 Å². The van der Waals surface area contributed by atoms with E-state index in [4.69, 9.17) is 5.73 Å². The molecule has 3 nitrogen and oxygen atoms in total. The third kappa shape index (κ3) is 9.96. The van der Waals surface area contributed by atoms with Crippen LogP contribution < -0.4 is 11.1 Å². The first kappa shape index (κ1) is 13.9. The van der Waals surface area contributed by atoms with Crippen molar-refractivity contribution in [3.63, 3.8) is 0 Å². The summed E-state index contributed by atoms with van der Waals surface area (Å²) in [4.78, 5) is 0. The molecule has 0 aliphatic rings. The molecular weight excluding hydrogens is 176 g/mol. The van der Waals surface area contributed by atoms with Gasteiger partial charge in [0.25, 0.3) is 0 Å². The van der Waals surface area contributed by atoms with Gasteiger partial charge in [0.1, 0.15) is 0 Å². The molecule has 0 saturated heterocycles. The Kier molecular flexibility index (Phi) is 10.9. The van der Waals surface area contributed by atoms with E-state index in [0.717, 1.165) is 32.4 Å². The van der Waals surface area contributed by atoms with Gasteiger partial charge in [-0.1, -0.05) is 32.6 Å². The van der Waals surface area contributed by atoms with Crippen LogP contribution in [-0.4, -0.2) is 30.8 Å². The molecule has 0 aliphatic carbocycles. The zero-order chi connectivity index (χ0) is 10.6. The molecule has 0 saturated carbocycles. The fourth-order valence-electron chi connectivity index (χ4n) is 1.40. The topological polar surface area (TPSA) is 58.3 Å². The van der Waals surface area contributed by atoms with Crippen molar-refractivity contribution in [1.82, 2.24) is 5.32 Å². The molecule has 0 rings (SSSR count). The van der Waals surface area contributed by atoms with Crippen LogP contribution in [0.4, 0.5) is 0 Å². The average molecular weight is 202 g/mol. The molecule has 0 bridgehead atoms. The lowest BCUT2D eigenvalue weighted by molar-refractivity contribution is 0.158. The van der Waals surface area contributed by atoms with Gasteiger partial charge in [-0.3, -0.25) is 0 Å². The highest BCUT2D eigenvalue weighted by Crippen LogP contribution is 2.04. The lowest BCUT2D eigenvalue weighted by atomic mass is 10.1. The number of rotatable bonds is 10. The molecule has 0 aromatic heterocycles. The summed E-state index contributed by atoms with van der Waals surface area (Å²) < 4.78 is 0. The second-order valence-corrected chi connectivity index (χ2v) is 3.85. The normalized spacial score (nSPS) is 13.1. The lowest BCUT2D eigenvalue weighted by Gasteiger charge is -2.11. The molecule has 4 N–H and O–H groups in total. The molecule has 0 radical (unpaired) electrons. The zero-order valence-corrected chi connectivity index (χ0v) is 9.47. The molecule has 0 aromatic carbocycles. The van der Waals surface area contributed by atoms with E-state index in [2.05, 4.69) is 12.2 Å². The van der Waals surface area contributed by atoms with Crippen molar-refractivity contribution in [1.29, 1.82) is 0 Å². The Morgan fingerprint density at radius 3 is 2.64 bits per heavy atom. The maximum absolute atomic E-state index is 9.55. The molecular formula is C11H26N2O. The highest BCUT2D eigenvalue weighted by Gasteiger charge is 2.02. The summed E-state index contributed by atoms with van der Waals surface area (Å²) >= 11 is 0. The summed E-state index contributed by atoms with van der Waals surface area (Å²) in [6.45, 7) is 4.55. The van der Waals surface area contributed by atoms with Crippen LogP contribution in [0, 0.1) is 0 Å². The summed E-state index contributed by atoms with van der Waals surface area (Å²) in [6, 6.07) is 0. The largest absolute Gasteiger partial charge is 0.392 e. The maximum atomic E-state index is 9.55. The Balaban J connectivity index is 3.07. The van der Waals surface area contributed by atoms with Gasteiger partial charge >= 0.3 is 0 Å². The summed E-state index contributed by atoms with van der Waals surface area (Å²) in [7, 11) is 0. The van der Waals surface area contributed by atoms with Crippen molar-refractivity contribution < 1.29 is 5.11 Å². The SMILES string of the molecule is CCCCCCC(O)CNCCCN. The Labute approximate surface area is 88.1 Å². The fraction of sp³-hybridized carbons (Fsp3) is 1.00. The predicted molar refractivity (Wildman–Crippen MR) is 61.3 cm³/mol. The van der Waals surface area contributed by atoms with Gasteiger partial charge in [0.2, 0.25) is 0 Å². The highest BCUT2D eigenvalue weighted by molar-refractivity contribution is 4.59. The fourth-order valence-corrected chi connectivity index (χ4v) is 1.40. The number of aliphatic hydroxyl groups is 1. The van der Waals surface area contributed by atoms with Crippen LogP contribution >= 0.6 is 0 Å². The molecule has 1 atom stereocenters. The molecule has 1 unspecified atom stereocenters. The molecule has 0 aliphatic heterocycles. The number of aliphatic hydroxyl groups excluding tert-OH is 1. The van der Waals surface area contributed by atoms with Gasteiger partial charge in [-0.05, 0) is 25.9 Å². The minimum absolute atomic E-state index is 0.176. The Morgan fingerprint density at radius 1 is 1.21 bits per heavy atom. The van der Waals surface area contributed by atoms with Gasteiger partial charge < -0.3 is 16.2 Å². The van der Waals surface area contributed by atoms with Crippen molar-refractivity contribution in [3.8, 4) is 0 Å². The smallest absolute Gasteiger partial charge is 0.0664 e. The van der Waals surface area contributed by atoms with Gasteiger partial charge in [-0.2, -0.15) is 0 Å². The van der Waals surface area contributed by atoms with E-state index in [9.17, 15) is 5.11 Å². The average Bonchev–Trinajstić information content (AvgIpc) is 2.19. The first-order valence-corrected chi connectivity index (χ1v) is 5.90. The number of nitrogens with one attached hydrogen (secondary N) is 1. The zero-order valence-electron chi connectivity index (χ0n) is 9.47. The number of unbranched alkanes of at least 4 members (excludes halogenated alkanes) is 3. The first-order valence-electron chi connectivity index (χ1n) is 5.90. The Bertz CT molecular complexity index is 97.5. The van der Waals surface area contributed by atoms with Crippen molar-refractivity contribution in [3.05, 3.63) is 0 Å². The van der Waals surface area contributed by atoms with Gasteiger partial charge in [-0.15, -0.1) is 0 Å². The van der Waals surface area contributed by atoms with E-state index in [1.165, 1.54) is 19.3 Å². The van der Waals surface area contributed by atoms with E-state index >= 15 is 0 Å². The third-order valence-electron chi connectivity index (χ3n) is 2.33. The number of hydrogen-bond donors (Lipinski definition) is 3. The second-order valence-electron chi connectivity index (χ2n) is 3.85. The van der Waals surface area contributed by atoms with Gasteiger partial charge in [0, 0.05) is 6.54 Å². The standard InChI is InChI=1S/C11H26N2O/c1-2-3-4-5-7-11(14)10-13-9-6-8-12/h11,13-14H,2-10,12H2,1H3. The maximum Gasteiger partial charge on any atom is 0.0664 e. The predicted octanol–water partition coefficient (Wildman–Crippen LogP) is 1.26. The van der Waals surface area contributed by atoms with Gasteiger partial charge in [0.05, 0.1) is 6.10 Å². The highest BCUT2D eigenvalue weighted by atomic mass is 16.3. The molecule has 0 heterocycles. The molecule has 86 valence electrons. The summed E-state index contributed by atoms with van der Waals surface area (Å²) in [6.07, 6.45) is 6.67. The van der Waals surface area contributed by atoms with Gasteiger partial charge in [-0.25, -0.2) is 0 Å². The first-order chi connectivity index (χ1) is 6.81. The Hall–Kier alpha value is -0.120. The Morgan fingerprint density at radius 2 is 2.00 bits per heavy atom. The van der Waals surface area contributed by atoms with Crippen LogP contribution in [0.2, 0.25) is 0 Å². The molecule has 0 amide bonds. The van der Waals surface area contributed by atoms with Crippen LogP contribution in [0.1, 0.15) is 45.4 Å². The quantitative estimate of drug-likeness (QED) is 0.467. The van der Waals surface area contributed by atoms with Crippen LogP contribution in [0.5, 0.6) is 0 Å². The van der Waals surface area contributed by atoms with Crippen molar-refractivity contribution in [2.75, 3.05) is 19.6 Å². The van der Waals surface area contributed by atoms with Crippen molar-refractivity contribution in [2.45, 2.75) is 51.6 Å². The van der Waals surface area contributed by atoms with E-state index in [1.54, 1.807) is 0 Å². The number of hydrogen-bond acceptors (Lipinski definition) is 3. The van der Waals surface area contributed by atoms with Crippen molar-refractivity contribution >= 4 is 0 Å². The lowest BCUT2D eigenvalue weighted by Crippen LogP contribution is -2.28. The summed E-state index contributed by atoms with van der Waals surface area (Å²) in [5, 5.41) is 12.8. The van der Waals surface area contributed by atoms with E-state index in [1.807, 2.05) is 0 Å². The monoisotopic (exact) mass is 202 g/mol. The van der Waals surface area contributed by atoms with Crippen LogP contribution in [0.15, 0.2) is 0 Å². The van der Waals surface area contributed by atoms with Crippen LogP contribution in [-0.2, 0) is 0 Å². The summed E-state index contributed by atoms with van der Waals surface area (Å²) in [5.74, 6) is 0. The molecule has 0 spiro atoms. The minimum atomic E-state index is -0.176. The van der Waals surface area contributed by atoms with E-state index < -0.39 is 0 Å². The molecule has 14 heavy (non-hydrogen) atoms. The minimum Gasteiger partial charge on any atom is -0.392 e. The number of nitrogens with two attached hydrogens (primary N) is 1. The third-order valence-corrected chi connectivity index (χ3v) is 2.33. The van der Waals surface area contributed by atoms with E-state index in [0.29, 0.717) is 6.54 Å².